The van der Waals surface area contributed by atoms with Gasteiger partial charge in [-0.2, -0.15) is 0 Å². The summed E-state index contributed by atoms with van der Waals surface area (Å²) in [5.41, 5.74) is 1.85. The number of benzene rings is 3. The maximum absolute atomic E-state index is 12.9. The van der Waals surface area contributed by atoms with E-state index in [4.69, 9.17) is 9.47 Å². The van der Waals surface area contributed by atoms with E-state index in [9.17, 15) is 9.18 Å². The first-order chi connectivity index (χ1) is 14.6. The summed E-state index contributed by atoms with van der Waals surface area (Å²) in [6.45, 7) is 0. The van der Waals surface area contributed by atoms with Gasteiger partial charge < -0.3 is 20.1 Å². The first kappa shape index (κ1) is 19.2. The van der Waals surface area contributed by atoms with Crippen LogP contribution in [0.4, 0.5) is 20.6 Å². The second-order valence-corrected chi connectivity index (χ2v) is 6.40. The Morgan fingerprint density at radius 3 is 2.17 bits per heavy atom. The molecule has 0 aliphatic rings. The number of ether oxygens (including phenoxy) is 2. The summed E-state index contributed by atoms with van der Waals surface area (Å²) < 4.78 is 24.2. The average Bonchev–Trinajstić information content (AvgIpc) is 2.76. The van der Waals surface area contributed by atoms with Gasteiger partial charge in [0.1, 0.15) is 23.1 Å². The van der Waals surface area contributed by atoms with Crippen LogP contribution in [-0.2, 0) is 0 Å². The lowest BCUT2D eigenvalue weighted by atomic mass is 10.2. The molecule has 0 atom stereocenters. The summed E-state index contributed by atoms with van der Waals surface area (Å²) in [5.74, 6) is 1.64. The minimum Gasteiger partial charge on any atom is -0.497 e. The van der Waals surface area contributed by atoms with Gasteiger partial charge in [-0.1, -0.05) is 0 Å². The van der Waals surface area contributed by atoms with Crippen LogP contribution < -0.4 is 20.1 Å². The quantitative estimate of drug-likeness (QED) is 0.440. The van der Waals surface area contributed by atoms with Crippen molar-refractivity contribution in [1.82, 2.24) is 4.98 Å². The molecule has 0 fully saturated rings. The van der Waals surface area contributed by atoms with Crippen molar-refractivity contribution in [2.45, 2.75) is 0 Å². The third-order valence-corrected chi connectivity index (χ3v) is 4.35. The van der Waals surface area contributed by atoms with E-state index in [1.165, 1.54) is 24.3 Å². The minimum absolute atomic E-state index is 0.363. The number of aromatic nitrogens is 1. The van der Waals surface area contributed by atoms with Crippen LogP contribution in [0.3, 0.4) is 0 Å². The number of nitrogens with zero attached hydrogens (tertiary/aromatic N) is 1. The van der Waals surface area contributed by atoms with E-state index >= 15 is 0 Å². The Morgan fingerprint density at radius 2 is 1.50 bits per heavy atom. The number of rotatable bonds is 5. The van der Waals surface area contributed by atoms with Crippen LogP contribution in [0.2, 0.25) is 0 Å². The molecular formula is C23H18FN3O3. The number of carbonyl (C=O) groups excluding carboxylic acids is 1. The SMILES string of the molecule is COc1ccc2c(Oc3ccc(NC(=O)Nc4ccc(F)cc4)cc3)ccnc2c1. The molecule has 6 nitrogen and oxygen atoms in total. The first-order valence-electron chi connectivity index (χ1n) is 9.15. The van der Waals surface area contributed by atoms with Crippen molar-refractivity contribution in [2.75, 3.05) is 17.7 Å². The number of nitrogens with one attached hydrogen (secondary N) is 2. The van der Waals surface area contributed by atoms with Crippen molar-refractivity contribution >= 4 is 28.3 Å². The first-order valence-corrected chi connectivity index (χ1v) is 9.15. The van der Waals surface area contributed by atoms with E-state index in [0.717, 1.165) is 16.7 Å². The maximum Gasteiger partial charge on any atom is 0.323 e. The van der Waals surface area contributed by atoms with Crippen LogP contribution in [0.15, 0.2) is 79.0 Å². The molecule has 0 saturated heterocycles. The van der Waals surface area contributed by atoms with Crippen LogP contribution in [0, 0.1) is 5.82 Å². The summed E-state index contributed by atoms with van der Waals surface area (Å²) in [7, 11) is 1.61. The molecule has 7 heteroatoms. The minimum atomic E-state index is -0.427. The van der Waals surface area contributed by atoms with Crippen LogP contribution in [-0.4, -0.2) is 18.1 Å². The van der Waals surface area contributed by atoms with Gasteiger partial charge in [0, 0.05) is 29.0 Å². The number of fused-ring (bicyclic) bond motifs is 1. The van der Waals surface area contributed by atoms with E-state index in [1.807, 2.05) is 18.2 Å². The predicted molar refractivity (Wildman–Crippen MR) is 114 cm³/mol. The van der Waals surface area contributed by atoms with Crippen LogP contribution in [0.1, 0.15) is 0 Å². The summed E-state index contributed by atoms with van der Waals surface area (Å²) in [6, 6.07) is 19.4. The zero-order chi connectivity index (χ0) is 20.9. The molecule has 0 aliphatic heterocycles. The largest absolute Gasteiger partial charge is 0.497 e. The van der Waals surface area contributed by atoms with Gasteiger partial charge in [-0.3, -0.25) is 4.98 Å². The standard InChI is InChI=1S/C23H18FN3O3/c1-29-19-10-11-20-21(14-19)25-13-12-22(20)30-18-8-6-17(7-9-18)27-23(28)26-16-4-2-15(24)3-5-16/h2-14H,1H3,(H2,26,27,28). The lowest BCUT2D eigenvalue weighted by molar-refractivity contribution is 0.262. The lowest BCUT2D eigenvalue weighted by Gasteiger charge is -2.11. The number of hydrogen-bond donors (Lipinski definition) is 2. The number of methoxy groups -OCH3 is 1. The zero-order valence-electron chi connectivity index (χ0n) is 16.1. The Hall–Kier alpha value is -4.13. The van der Waals surface area contributed by atoms with Gasteiger partial charge in [0.15, 0.2) is 0 Å². The molecule has 0 bridgehead atoms. The molecule has 0 saturated carbocycles. The lowest BCUT2D eigenvalue weighted by Crippen LogP contribution is -2.19. The number of urea groups is 1. The number of amides is 2. The van der Waals surface area contributed by atoms with Crippen molar-refractivity contribution in [3.05, 3.63) is 84.8 Å². The Bertz CT molecular complexity index is 1180. The van der Waals surface area contributed by atoms with Crippen molar-refractivity contribution in [2.24, 2.45) is 0 Å². The van der Waals surface area contributed by atoms with Gasteiger partial charge in [0.25, 0.3) is 0 Å². The van der Waals surface area contributed by atoms with Crippen molar-refractivity contribution in [3.8, 4) is 17.2 Å². The highest BCUT2D eigenvalue weighted by atomic mass is 19.1. The normalized spacial score (nSPS) is 10.5. The molecule has 3 aromatic carbocycles. The molecule has 4 rings (SSSR count). The summed E-state index contributed by atoms with van der Waals surface area (Å²) >= 11 is 0. The molecule has 0 unspecified atom stereocenters. The highest BCUT2D eigenvalue weighted by Crippen LogP contribution is 2.31. The Morgan fingerprint density at radius 1 is 0.867 bits per heavy atom. The van der Waals surface area contributed by atoms with Gasteiger partial charge >= 0.3 is 6.03 Å². The molecule has 1 heterocycles. The number of hydrogen-bond acceptors (Lipinski definition) is 4. The van der Waals surface area contributed by atoms with E-state index in [0.29, 0.717) is 22.9 Å². The molecule has 2 N–H and O–H groups in total. The van der Waals surface area contributed by atoms with Crippen molar-refractivity contribution < 1.29 is 18.7 Å². The van der Waals surface area contributed by atoms with Gasteiger partial charge in [-0.15, -0.1) is 0 Å². The Balaban J connectivity index is 1.43. The number of halogens is 1. The third-order valence-electron chi connectivity index (χ3n) is 4.35. The molecule has 0 spiro atoms. The van der Waals surface area contributed by atoms with Crippen molar-refractivity contribution in [1.29, 1.82) is 0 Å². The Kier molecular flexibility index (Phi) is 5.43. The fourth-order valence-corrected chi connectivity index (χ4v) is 2.88. The summed E-state index contributed by atoms with van der Waals surface area (Å²) in [5, 5.41) is 6.21. The molecule has 1 aromatic heterocycles. The second-order valence-electron chi connectivity index (χ2n) is 6.40. The number of anilines is 2. The molecule has 0 aliphatic carbocycles. The topological polar surface area (TPSA) is 72.5 Å². The summed E-state index contributed by atoms with van der Waals surface area (Å²) in [6.07, 6.45) is 1.67. The zero-order valence-corrected chi connectivity index (χ0v) is 16.1. The monoisotopic (exact) mass is 403 g/mol. The third kappa shape index (κ3) is 4.47. The molecule has 150 valence electrons. The number of pyridine rings is 1. The van der Waals surface area contributed by atoms with Gasteiger partial charge in [-0.25, -0.2) is 9.18 Å². The van der Waals surface area contributed by atoms with Crippen LogP contribution in [0.25, 0.3) is 10.9 Å². The molecular weight excluding hydrogens is 385 g/mol. The van der Waals surface area contributed by atoms with E-state index in [1.54, 1.807) is 43.6 Å². The fraction of sp³-hybridized carbons (Fsp3) is 0.0435. The van der Waals surface area contributed by atoms with E-state index in [-0.39, 0.29) is 5.82 Å². The highest BCUT2D eigenvalue weighted by molar-refractivity contribution is 5.99. The van der Waals surface area contributed by atoms with Gasteiger partial charge in [-0.05, 0) is 66.7 Å². The molecule has 4 aromatic rings. The average molecular weight is 403 g/mol. The van der Waals surface area contributed by atoms with Crippen LogP contribution >= 0.6 is 0 Å². The second kappa shape index (κ2) is 8.48. The summed E-state index contributed by atoms with van der Waals surface area (Å²) in [4.78, 5) is 16.4. The molecule has 30 heavy (non-hydrogen) atoms. The Labute approximate surface area is 172 Å². The predicted octanol–water partition coefficient (Wildman–Crippen LogP) is 5.82. The molecule has 0 radical (unpaired) electrons. The van der Waals surface area contributed by atoms with E-state index in [2.05, 4.69) is 15.6 Å². The fourth-order valence-electron chi connectivity index (χ4n) is 2.88. The molecule has 2 amide bonds. The van der Waals surface area contributed by atoms with Crippen LogP contribution in [0.5, 0.6) is 17.2 Å². The van der Waals surface area contributed by atoms with Crippen molar-refractivity contribution in [3.63, 3.8) is 0 Å². The smallest absolute Gasteiger partial charge is 0.323 e. The number of carbonyl (C=O) groups is 1. The highest BCUT2D eigenvalue weighted by Gasteiger charge is 2.07. The van der Waals surface area contributed by atoms with Gasteiger partial charge in [0.05, 0.1) is 12.6 Å². The van der Waals surface area contributed by atoms with Gasteiger partial charge in [0.2, 0.25) is 0 Å². The maximum atomic E-state index is 12.9. The van der Waals surface area contributed by atoms with E-state index < -0.39 is 6.03 Å².